The van der Waals surface area contributed by atoms with Crippen LogP contribution in [0.15, 0.2) is 48.5 Å². The Morgan fingerprint density at radius 2 is 1.50 bits per heavy atom. The Morgan fingerprint density at radius 3 is 2.06 bits per heavy atom. The maximum atomic E-state index is 10.1. The molecular formula is C17H16O. The van der Waals surface area contributed by atoms with Gasteiger partial charge in [-0.1, -0.05) is 48.5 Å². The molecule has 0 aliphatic heterocycles. The van der Waals surface area contributed by atoms with Gasteiger partial charge in [0.15, 0.2) is 0 Å². The van der Waals surface area contributed by atoms with Gasteiger partial charge in [-0.3, -0.25) is 0 Å². The third-order valence-corrected chi connectivity index (χ3v) is 4.83. The predicted octanol–water partition coefficient (Wildman–Crippen LogP) is 3.20. The number of hydrogen-bond donors (Lipinski definition) is 1. The summed E-state index contributed by atoms with van der Waals surface area (Å²) >= 11 is 0. The van der Waals surface area contributed by atoms with Crippen LogP contribution in [0.3, 0.4) is 0 Å². The van der Waals surface area contributed by atoms with E-state index in [4.69, 9.17) is 0 Å². The van der Waals surface area contributed by atoms with E-state index < -0.39 is 0 Å². The molecule has 0 radical (unpaired) electrons. The molecule has 1 heteroatoms. The molecule has 0 spiro atoms. The van der Waals surface area contributed by atoms with Gasteiger partial charge in [-0.15, -0.1) is 0 Å². The van der Waals surface area contributed by atoms with Crippen LogP contribution in [0.5, 0.6) is 0 Å². The van der Waals surface area contributed by atoms with E-state index in [-0.39, 0.29) is 12.0 Å². The van der Waals surface area contributed by atoms with Crippen molar-refractivity contribution in [3.63, 3.8) is 0 Å². The fourth-order valence-electron chi connectivity index (χ4n) is 4.01. The Hall–Kier alpha value is -1.60. The molecule has 0 fully saturated rings. The summed E-state index contributed by atoms with van der Waals surface area (Å²) in [4.78, 5) is 0. The van der Waals surface area contributed by atoms with Gasteiger partial charge in [0.1, 0.15) is 0 Å². The van der Waals surface area contributed by atoms with Gasteiger partial charge >= 0.3 is 0 Å². The summed E-state index contributed by atoms with van der Waals surface area (Å²) in [6, 6.07) is 17.3. The quantitative estimate of drug-likeness (QED) is 0.806. The third-order valence-electron chi connectivity index (χ3n) is 4.83. The topological polar surface area (TPSA) is 20.2 Å². The molecule has 90 valence electrons. The molecule has 1 nitrogen and oxygen atoms in total. The van der Waals surface area contributed by atoms with Gasteiger partial charge in [-0.25, -0.2) is 0 Å². The maximum absolute atomic E-state index is 10.1. The maximum Gasteiger partial charge on any atom is 0.0568 e. The van der Waals surface area contributed by atoms with Gasteiger partial charge in [-0.05, 0) is 35.1 Å². The minimum absolute atomic E-state index is 0.151. The Kier molecular flexibility index (Phi) is 1.98. The summed E-state index contributed by atoms with van der Waals surface area (Å²) in [6.45, 7) is 0.216. The summed E-state index contributed by atoms with van der Waals surface area (Å²) in [5.74, 6) is 0.533. The van der Waals surface area contributed by atoms with E-state index in [1.54, 1.807) is 0 Å². The van der Waals surface area contributed by atoms with Gasteiger partial charge in [0.25, 0.3) is 0 Å². The summed E-state index contributed by atoms with van der Waals surface area (Å²) in [6.07, 6.45) is 2.23. The van der Waals surface area contributed by atoms with Gasteiger partial charge in [-0.2, -0.15) is 0 Å². The zero-order valence-corrected chi connectivity index (χ0v) is 10.3. The number of fused-ring (bicyclic) bond motifs is 1. The minimum atomic E-state index is -0.151. The minimum Gasteiger partial charge on any atom is -0.395 e. The lowest BCUT2D eigenvalue weighted by molar-refractivity contribution is 0.190. The number of aliphatic hydroxyl groups is 1. The van der Waals surface area contributed by atoms with Crippen LogP contribution in [0.1, 0.15) is 41.0 Å². The molecule has 0 saturated carbocycles. The lowest BCUT2D eigenvalue weighted by Gasteiger charge is -2.48. The smallest absolute Gasteiger partial charge is 0.0568 e. The SMILES string of the molecule is OCC12CCC(c3ccccc31)c1ccccc12. The van der Waals surface area contributed by atoms with Crippen molar-refractivity contribution >= 4 is 0 Å². The first-order valence-electron chi connectivity index (χ1n) is 6.66. The van der Waals surface area contributed by atoms with Crippen LogP contribution in [-0.4, -0.2) is 11.7 Å². The molecule has 0 heterocycles. The molecule has 1 N–H and O–H groups in total. The van der Waals surface area contributed by atoms with Crippen molar-refractivity contribution in [3.05, 3.63) is 70.8 Å². The van der Waals surface area contributed by atoms with Crippen molar-refractivity contribution in [3.8, 4) is 0 Å². The first-order chi connectivity index (χ1) is 8.87. The fraction of sp³-hybridized carbons (Fsp3) is 0.294. The average Bonchev–Trinajstić information content (AvgIpc) is 2.48. The molecule has 3 aliphatic carbocycles. The van der Waals surface area contributed by atoms with Crippen molar-refractivity contribution in [2.75, 3.05) is 6.61 Å². The van der Waals surface area contributed by atoms with Crippen molar-refractivity contribution < 1.29 is 5.11 Å². The van der Waals surface area contributed by atoms with E-state index in [2.05, 4.69) is 48.5 Å². The Balaban J connectivity index is 2.09. The summed E-state index contributed by atoms with van der Waals surface area (Å²) < 4.78 is 0. The number of hydrogen-bond acceptors (Lipinski definition) is 1. The molecule has 0 atom stereocenters. The second-order valence-electron chi connectivity index (χ2n) is 5.51. The highest BCUT2D eigenvalue weighted by Crippen LogP contribution is 2.55. The molecule has 2 aromatic carbocycles. The van der Waals surface area contributed by atoms with E-state index in [0.29, 0.717) is 5.92 Å². The van der Waals surface area contributed by atoms with Crippen LogP contribution >= 0.6 is 0 Å². The zero-order chi connectivity index (χ0) is 12.2. The Labute approximate surface area is 107 Å². The highest BCUT2D eigenvalue weighted by molar-refractivity contribution is 5.59. The van der Waals surface area contributed by atoms with E-state index in [1.807, 2.05) is 0 Å². The van der Waals surface area contributed by atoms with Crippen LogP contribution in [0, 0.1) is 0 Å². The highest BCUT2D eigenvalue weighted by Gasteiger charge is 2.47. The van der Waals surface area contributed by atoms with Gasteiger partial charge in [0.05, 0.1) is 6.61 Å². The highest BCUT2D eigenvalue weighted by atomic mass is 16.3. The van der Waals surface area contributed by atoms with E-state index >= 15 is 0 Å². The fourth-order valence-corrected chi connectivity index (χ4v) is 4.01. The molecule has 0 amide bonds. The van der Waals surface area contributed by atoms with Crippen LogP contribution in [0.4, 0.5) is 0 Å². The Bertz CT molecular complexity index is 567. The number of aliphatic hydroxyl groups excluding tert-OH is 1. The lowest BCUT2D eigenvalue weighted by atomic mass is 9.55. The molecule has 0 saturated heterocycles. The van der Waals surface area contributed by atoms with Crippen LogP contribution in [-0.2, 0) is 5.41 Å². The van der Waals surface area contributed by atoms with Crippen molar-refractivity contribution in [2.24, 2.45) is 0 Å². The van der Waals surface area contributed by atoms with Crippen molar-refractivity contribution in [1.82, 2.24) is 0 Å². The van der Waals surface area contributed by atoms with Gasteiger partial charge < -0.3 is 5.11 Å². The largest absolute Gasteiger partial charge is 0.395 e. The summed E-state index contributed by atoms with van der Waals surface area (Å²) in [7, 11) is 0. The second-order valence-corrected chi connectivity index (χ2v) is 5.51. The first-order valence-corrected chi connectivity index (χ1v) is 6.66. The molecule has 0 aromatic heterocycles. The molecule has 2 bridgehead atoms. The van der Waals surface area contributed by atoms with Gasteiger partial charge in [0, 0.05) is 11.3 Å². The molecule has 2 aromatic rings. The standard InChI is InChI=1S/C17H16O/c18-11-17-10-9-12(13-5-1-3-7-15(13)17)14-6-2-4-8-16(14)17/h1-8,12,18H,9-11H2. The monoisotopic (exact) mass is 236 g/mol. The normalized spacial score (nSPS) is 27.7. The molecule has 5 rings (SSSR count). The first kappa shape index (κ1) is 10.3. The molecular weight excluding hydrogens is 220 g/mol. The Morgan fingerprint density at radius 1 is 0.944 bits per heavy atom. The second kappa shape index (κ2) is 3.46. The molecule has 0 unspecified atom stereocenters. The number of benzene rings is 2. The van der Waals surface area contributed by atoms with E-state index in [1.165, 1.54) is 22.3 Å². The van der Waals surface area contributed by atoms with Crippen molar-refractivity contribution in [1.29, 1.82) is 0 Å². The number of rotatable bonds is 1. The van der Waals surface area contributed by atoms with Gasteiger partial charge in [0.2, 0.25) is 0 Å². The third kappa shape index (κ3) is 1.06. The summed E-state index contributed by atoms with van der Waals surface area (Å²) in [5, 5.41) is 10.1. The van der Waals surface area contributed by atoms with Crippen LogP contribution in [0.25, 0.3) is 0 Å². The van der Waals surface area contributed by atoms with Crippen LogP contribution < -0.4 is 0 Å². The average molecular weight is 236 g/mol. The predicted molar refractivity (Wildman–Crippen MR) is 71.8 cm³/mol. The molecule has 18 heavy (non-hydrogen) atoms. The molecule has 3 aliphatic rings. The van der Waals surface area contributed by atoms with Crippen LogP contribution in [0.2, 0.25) is 0 Å². The summed E-state index contributed by atoms with van der Waals surface area (Å²) in [5.41, 5.74) is 5.40. The van der Waals surface area contributed by atoms with Crippen molar-refractivity contribution in [2.45, 2.75) is 24.2 Å². The lowest BCUT2D eigenvalue weighted by Crippen LogP contribution is -2.42. The van der Waals surface area contributed by atoms with E-state index in [9.17, 15) is 5.11 Å². The van der Waals surface area contributed by atoms with E-state index in [0.717, 1.165) is 12.8 Å². The zero-order valence-electron chi connectivity index (χ0n) is 10.3.